The molecule has 1 unspecified atom stereocenters. The summed E-state index contributed by atoms with van der Waals surface area (Å²) in [5.74, 6) is 0.427. The van der Waals surface area contributed by atoms with E-state index in [9.17, 15) is 4.79 Å². The molecule has 0 spiro atoms. The number of nitrogens with one attached hydrogen (secondary N) is 2. The molecule has 0 saturated carbocycles. The van der Waals surface area contributed by atoms with Crippen LogP contribution in [-0.4, -0.2) is 51.6 Å². The molecule has 2 aromatic carbocycles. The van der Waals surface area contributed by atoms with Crippen LogP contribution in [0.15, 0.2) is 66.7 Å². The minimum Gasteiger partial charge on any atom is -0.352 e. The van der Waals surface area contributed by atoms with E-state index in [1.54, 1.807) is 4.52 Å². The van der Waals surface area contributed by atoms with E-state index in [-0.39, 0.29) is 5.91 Å². The standard InChI is InChI=1S/C26H27ClN6O/c1-32-16-4-7-22(32)14-15-28-25(34)18-10-12-21(13-11-18)29-26-30-24-9-3-8-23(33(24)31-26)19-5-2-6-20(27)17-19/h2-3,5-6,8-13,17,22H,4,7,14-16H2,1H3,(H,28,34)(H,29,31). The molecule has 1 amide bonds. The predicted octanol–water partition coefficient (Wildman–Crippen LogP) is 5.01. The first-order valence-electron chi connectivity index (χ1n) is 11.5. The molecule has 2 aromatic heterocycles. The predicted molar refractivity (Wildman–Crippen MR) is 136 cm³/mol. The van der Waals surface area contributed by atoms with Crippen LogP contribution >= 0.6 is 11.6 Å². The van der Waals surface area contributed by atoms with Crippen molar-refractivity contribution < 1.29 is 4.79 Å². The van der Waals surface area contributed by atoms with Crippen molar-refractivity contribution in [1.29, 1.82) is 0 Å². The van der Waals surface area contributed by atoms with Gasteiger partial charge in [0.2, 0.25) is 5.95 Å². The lowest BCUT2D eigenvalue weighted by Crippen LogP contribution is -2.31. The molecule has 1 atom stereocenters. The SMILES string of the molecule is CN1CCCC1CCNC(=O)c1ccc(Nc2nc3cccc(-c4cccc(Cl)c4)n3n2)cc1. The largest absolute Gasteiger partial charge is 0.352 e. The lowest BCUT2D eigenvalue weighted by Gasteiger charge is -2.19. The average molecular weight is 475 g/mol. The first-order valence-corrected chi connectivity index (χ1v) is 11.9. The fraction of sp³-hybridized carbons (Fsp3) is 0.269. The minimum atomic E-state index is -0.0516. The maximum atomic E-state index is 12.5. The molecule has 8 heteroatoms. The Kier molecular flexibility index (Phi) is 6.47. The van der Waals surface area contributed by atoms with E-state index >= 15 is 0 Å². The summed E-state index contributed by atoms with van der Waals surface area (Å²) in [6.07, 6.45) is 3.44. The smallest absolute Gasteiger partial charge is 0.251 e. The number of hydrogen-bond acceptors (Lipinski definition) is 5. The van der Waals surface area contributed by atoms with Gasteiger partial charge >= 0.3 is 0 Å². The first-order chi connectivity index (χ1) is 16.6. The van der Waals surface area contributed by atoms with Gasteiger partial charge in [-0.25, -0.2) is 4.52 Å². The fourth-order valence-corrected chi connectivity index (χ4v) is 4.65. The number of fused-ring (bicyclic) bond motifs is 1. The lowest BCUT2D eigenvalue weighted by atomic mass is 10.1. The Morgan fingerprint density at radius 2 is 1.94 bits per heavy atom. The Bertz CT molecular complexity index is 1300. The first kappa shape index (κ1) is 22.4. The third-order valence-electron chi connectivity index (χ3n) is 6.32. The van der Waals surface area contributed by atoms with Crippen molar-refractivity contribution in [3.8, 4) is 11.3 Å². The number of benzene rings is 2. The number of rotatable bonds is 7. The summed E-state index contributed by atoms with van der Waals surface area (Å²) >= 11 is 6.17. The van der Waals surface area contributed by atoms with Gasteiger partial charge in [0.25, 0.3) is 5.91 Å². The molecule has 2 N–H and O–H groups in total. The van der Waals surface area contributed by atoms with Crippen LogP contribution in [0.3, 0.4) is 0 Å². The van der Waals surface area contributed by atoms with E-state index in [1.807, 2.05) is 66.7 Å². The monoisotopic (exact) mass is 474 g/mol. The molecule has 1 aliphatic heterocycles. The summed E-state index contributed by atoms with van der Waals surface area (Å²) in [5.41, 5.74) is 4.03. The highest BCUT2D eigenvalue weighted by Gasteiger charge is 2.20. The fourth-order valence-electron chi connectivity index (χ4n) is 4.46. The van der Waals surface area contributed by atoms with Crippen molar-refractivity contribution in [2.24, 2.45) is 0 Å². The minimum absolute atomic E-state index is 0.0516. The molecule has 3 heterocycles. The molecule has 0 radical (unpaired) electrons. The highest BCUT2D eigenvalue weighted by Crippen LogP contribution is 2.24. The molecule has 4 aromatic rings. The zero-order chi connectivity index (χ0) is 23.5. The number of anilines is 2. The molecule has 0 bridgehead atoms. The third-order valence-corrected chi connectivity index (χ3v) is 6.55. The average Bonchev–Trinajstić information content (AvgIpc) is 3.44. The van der Waals surface area contributed by atoms with Gasteiger partial charge in [0.05, 0.1) is 5.69 Å². The molecule has 34 heavy (non-hydrogen) atoms. The number of aromatic nitrogens is 3. The molecule has 7 nitrogen and oxygen atoms in total. The Balaban J connectivity index is 1.24. The molecule has 1 aliphatic rings. The van der Waals surface area contributed by atoms with Gasteiger partial charge in [-0.2, -0.15) is 4.98 Å². The second-order valence-electron chi connectivity index (χ2n) is 8.65. The maximum absolute atomic E-state index is 12.5. The molecular formula is C26H27ClN6O. The van der Waals surface area contributed by atoms with Gasteiger partial charge in [-0.3, -0.25) is 4.79 Å². The number of amides is 1. The van der Waals surface area contributed by atoms with Crippen molar-refractivity contribution in [2.45, 2.75) is 25.3 Å². The van der Waals surface area contributed by atoms with E-state index in [2.05, 4.69) is 32.7 Å². The Hall–Kier alpha value is -3.42. The molecular weight excluding hydrogens is 448 g/mol. The van der Waals surface area contributed by atoms with Crippen LogP contribution in [0.4, 0.5) is 11.6 Å². The highest BCUT2D eigenvalue weighted by atomic mass is 35.5. The van der Waals surface area contributed by atoms with Crippen molar-refractivity contribution in [2.75, 3.05) is 25.5 Å². The summed E-state index contributed by atoms with van der Waals surface area (Å²) in [6, 6.07) is 21.4. The van der Waals surface area contributed by atoms with Gasteiger partial charge in [-0.1, -0.05) is 29.8 Å². The van der Waals surface area contributed by atoms with Crippen molar-refractivity contribution in [3.63, 3.8) is 0 Å². The lowest BCUT2D eigenvalue weighted by molar-refractivity contribution is 0.0950. The Morgan fingerprint density at radius 1 is 1.12 bits per heavy atom. The van der Waals surface area contributed by atoms with E-state index in [4.69, 9.17) is 11.6 Å². The summed E-state index contributed by atoms with van der Waals surface area (Å²) in [7, 11) is 2.15. The van der Waals surface area contributed by atoms with Crippen LogP contribution in [0, 0.1) is 0 Å². The summed E-state index contributed by atoms with van der Waals surface area (Å²) in [4.78, 5) is 19.5. The number of carbonyl (C=O) groups excluding carboxylic acids is 1. The van der Waals surface area contributed by atoms with E-state index in [1.165, 1.54) is 12.8 Å². The van der Waals surface area contributed by atoms with E-state index < -0.39 is 0 Å². The van der Waals surface area contributed by atoms with Gasteiger partial charge in [0.15, 0.2) is 5.65 Å². The van der Waals surface area contributed by atoms with Gasteiger partial charge in [-0.05, 0) is 81.4 Å². The summed E-state index contributed by atoms with van der Waals surface area (Å²) in [5, 5.41) is 11.6. The molecule has 174 valence electrons. The number of pyridine rings is 1. The van der Waals surface area contributed by atoms with Gasteiger partial charge in [-0.15, -0.1) is 5.10 Å². The molecule has 5 rings (SSSR count). The van der Waals surface area contributed by atoms with Gasteiger partial charge < -0.3 is 15.5 Å². The topological polar surface area (TPSA) is 74.6 Å². The molecule has 0 aliphatic carbocycles. The van der Waals surface area contributed by atoms with Crippen molar-refractivity contribution >= 4 is 34.8 Å². The molecule has 1 saturated heterocycles. The zero-order valence-corrected chi connectivity index (χ0v) is 19.8. The molecule has 1 fully saturated rings. The zero-order valence-electron chi connectivity index (χ0n) is 19.0. The van der Waals surface area contributed by atoms with Crippen molar-refractivity contribution in [3.05, 3.63) is 77.3 Å². The second kappa shape index (κ2) is 9.83. The highest BCUT2D eigenvalue weighted by molar-refractivity contribution is 6.30. The number of likely N-dealkylation sites (tertiary alicyclic amines) is 1. The number of carbonyl (C=O) groups is 1. The van der Waals surface area contributed by atoms with Crippen LogP contribution in [0.5, 0.6) is 0 Å². The van der Waals surface area contributed by atoms with Gasteiger partial charge in [0.1, 0.15) is 0 Å². The summed E-state index contributed by atoms with van der Waals surface area (Å²) < 4.78 is 1.79. The quantitative estimate of drug-likeness (QED) is 0.394. The van der Waals surface area contributed by atoms with Crippen LogP contribution in [-0.2, 0) is 0 Å². The number of hydrogen-bond donors (Lipinski definition) is 2. The van der Waals surface area contributed by atoms with Crippen molar-refractivity contribution in [1.82, 2.24) is 24.8 Å². The third kappa shape index (κ3) is 4.90. The number of nitrogens with zero attached hydrogens (tertiary/aromatic N) is 4. The van der Waals surface area contributed by atoms with E-state index in [0.29, 0.717) is 29.1 Å². The summed E-state index contributed by atoms with van der Waals surface area (Å²) in [6.45, 7) is 1.84. The normalized spacial score (nSPS) is 16.1. The van der Waals surface area contributed by atoms with Crippen LogP contribution in [0.25, 0.3) is 16.9 Å². The Labute approximate surface area is 203 Å². The van der Waals surface area contributed by atoms with Crippen LogP contribution in [0.1, 0.15) is 29.6 Å². The number of halogens is 1. The van der Waals surface area contributed by atoms with Gasteiger partial charge in [0, 0.05) is 34.4 Å². The second-order valence-corrected chi connectivity index (χ2v) is 9.09. The van der Waals surface area contributed by atoms with Crippen LogP contribution in [0.2, 0.25) is 5.02 Å². The van der Waals surface area contributed by atoms with E-state index in [0.717, 1.165) is 35.6 Å². The Morgan fingerprint density at radius 3 is 2.71 bits per heavy atom. The van der Waals surface area contributed by atoms with Crippen LogP contribution < -0.4 is 10.6 Å². The maximum Gasteiger partial charge on any atom is 0.251 e.